The van der Waals surface area contributed by atoms with Crippen molar-refractivity contribution in [3.05, 3.63) is 93.0 Å². The van der Waals surface area contributed by atoms with Gasteiger partial charge in [0.25, 0.3) is 5.56 Å². The van der Waals surface area contributed by atoms with Crippen molar-refractivity contribution in [1.29, 1.82) is 0 Å². The minimum atomic E-state index is -4.41. The number of aromatic amines is 1. The summed E-state index contributed by atoms with van der Waals surface area (Å²) >= 11 is 0. The molecular formula is C25H21F3N4O2. The minimum absolute atomic E-state index is 0.269. The standard InChI is InChI=1S/C25H21F3N4O2/c1-15-2-4-16(5-3-15)22-12-19(31-34-22)13-32-11-10-21-20(14-32)24(33)30-23(29-21)17-6-8-18(9-7-17)25(26,27)28/h2-9,12H,10-11,13-14H2,1H3,(H,29,30,33). The number of H-pyrrole nitrogens is 1. The molecule has 0 unspecified atom stereocenters. The van der Waals surface area contributed by atoms with Gasteiger partial charge in [-0.2, -0.15) is 13.2 Å². The van der Waals surface area contributed by atoms with Gasteiger partial charge in [0.1, 0.15) is 5.82 Å². The second kappa shape index (κ2) is 8.57. The molecule has 2 aromatic heterocycles. The fraction of sp³-hybridized carbons (Fsp3) is 0.240. The first-order chi connectivity index (χ1) is 16.3. The summed E-state index contributed by atoms with van der Waals surface area (Å²) in [4.78, 5) is 22.1. The van der Waals surface area contributed by atoms with Crippen LogP contribution in [0.4, 0.5) is 13.2 Å². The molecule has 0 saturated carbocycles. The maximum atomic E-state index is 12.8. The highest BCUT2D eigenvalue weighted by molar-refractivity contribution is 5.58. The molecule has 1 N–H and O–H groups in total. The fourth-order valence-corrected chi connectivity index (χ4v) is 4.04. The summed E-state index contributed by atoms with van der Waals surface area (Å²) in [5.74, 6) is 0.957. The number of hydrogen-bond acceptors (Lipinski definition) is 5. The molecule has 1 aliphatic heterocycles. The highest BCUT2D eigenvalue weighted by atomic mass is 19.4. The number of rotatable bonds is 4. The second-order valence-electron chi connectivity index (χ2n) is 8.42. The maximum Gasteiger partial charge on any atom is 0.416 e. The van der Waals surface area contributed by atoms with Crippen LogP contribution in [0.1, 0.15) is 28.1 Å². The lowest BCUT2D eigenvalue weighted by atomic mass is 10.1. The van der Waals surface area contributed by atoms with Crippen molar-refractivity contribution >= 4 is 0 Å². The Balaban J connectivity index is 1.31. The number of aromatic nitrogens is 3. The lowest BCUT2D eigenvalue weighted by Gasteiger charge is -2.26. The highest BCUT2D eigenvalue weighted by Gasteiger charge is 2.30. The normalized spacial score (nSPS) is 14.2. The second-order valence-corrected chi connectivity index (χ2v) is 8.42. The van der Waals surface area contributed by atoms with E-state index in [0.29, 0.717) is 48.6 Å². The predicted molar refractivity (Wildman–Crippen MR) is 120 cm³/mol. The number of nitrogens with one attached hydrogen (secondary N) is 1. The van der Waals surface area contributed by atoms with E-state index in [1.165, 1.54) is 12.1 Å². The molecule has 0 saturated heterocycles. The number of fused-ring (bicyclic) bond motifs is 1. The van der Waals surface area contributed by atoms with Crippen LogP contribution in [-0.4, -0.2) is 26.6 Å². The number of aryl methyl sites for hydroxylation is 1. The lowest BCUT2D eigenvalue weighted by Crippen LogP contribution is -2.35. The molecule has 0 radical (unpaired) electrons. The van der Waals surface area contributed by atoms with Crippen molar-refractivity contribution in [3.63, 3.8) is 0 Å². The summed E-state index contributed by atoms with van der Waals surface area (Å²) < 4.78 is 43.9. The average molecular weight is 466 g/mol. The van der Waals surface area contributed by atoms with Crippen LogP contribution in [0.5, 0.6) is 0 Å². The van der Waals surface area contributed by atoms with Crippen LogP contribution in [0, 0.1) is 6.92 Å². The average Bonchev–Trinajstić information content (AvgIpc) is 3.28. The molecule has 3 heterocycles. The molecule has 6 nitrogen and oxygen atoms in total. The van der Waals surface area contributed by atoms with Crippen molar-refractivity contribution in [2.45, 2.75) is 32.6 Å². The van der Waals surface area contributed by atoms with E-state index < -0.39 is 11.7 Å². The number of hydrogen-bond donors (Lipinski definition) is 1. The smallest absolute Gasteiger partial charge is 0.356 e. The van der Waals surface area contributed by atoms with Gasteiger partial charge in [0.15, 0.2) is 5.76 Å². The van der Waals surface area contributed by atoms with Gasteiger partial charge in [0.2, 0.25) is 0 Å². The van der Waals surface area contributed by atoms with Gasteiger partial charge in [-0.25, -0.2) is 4.98 Å². The Bertz CT molecular complexity index is 1370. The quantitative estimate of drug-likeness (QED) is 0.459. The summed E-state index contributed by atoms with van der Waals surface area (Å²) in [6.45, 7) is 3.61. The summed E-state index contributed by atoms with van der Waals surface area (Å²) in [6.07, 6.45) is -3.86. The third-order valence-corrected chi connectivity index (χ3v) is 5.91. The van der Waals surface area contributed by atoms with Crippen molar-refractivity contribution < 1.29 is 17.7 Å². The van der Waals surface area contributed by atoms with E-state index in [1.54, 1.807) is 0 Å². The third-order valence-electron chi connectivity index (χ3n) is 5.91. The molecule has 174 valence electrons. The van der Waals surface area contributed by atoms with Crippen LogP contribution >= 0.6 is 0 Å². The monoisotopic (exact) mass is 466 g/mol. The van der Waals surface area contributed by atoms with Crippen LogP contribution < -0.4 is 5.56 Å². The molecule has 0 fully saturated rings. The van der Waals surface area contributed by atoms with E-state index in [1.807, 2.05) is 37.3 Å². The Kier molecular flexibility index (Phi) is 5.57. The van der Waals surface area contributed by atoms with Crippen LogP contribution in [0.25, 0.3) is 22.7 Å². The minimum Gasteiger partial charge on any atom is -0.356 e. The Hall–Kier alpha value is -3.72. The van der Waals surface area contributed by atoms with E-state index in [4.69, 9.17) is 4.52 Å². The van der Waals surface area contributed by atoms with Gasteiger partial charge in [0, 0.05) is 43.2 Å². The zero-order chi connectivity index (χ0) is 23.9. The molecule has 2 aromatic carbocycles. The van der Waals surface area contributed by atoms with Crippen molar-refractivity contribution in [2.75, 3.05) is 6.54 Å². The zero-order valence-electron chi connectivity index (χ0n) is 18.3. The van der Waals surface area contributed by atoms with Crippen LogP contribution in [-0.2, 0) is 25.7 Å². The summed E-state index contributed by atoms with van der Waals surface area (Å²) in [7, 11) is 0. The predicted octanol–water partition coefficient (Wildman–Crippen LogP) is 4.98. The first-order valence-electron chi connectivity index (χ1n) is 10.8. The SMILES string of the molecule is Cc1ccc(-c2cc(CN3CCc4nc(-c5ccc(C(F)(F)F)cc5)[nH]c(=O)c4C3)no2)cc1. The topological polar surface area (TPSA) is 75.0 Å². The first-order valence-corrected chi connectivity index (χ1v) is 10.8. The molecule has 1 aliphatic rings. The molecule has 0 spiro atoms. The van der Waals surface area contributed by atoms with Gasteiger partial charge in [-0.3, -0.25) is 9.69 Å². The number of alkyl halides is 3. The molecule has 0 aliphatic carbocycles. The van der Waals surface area contributed by atoms with E-state index in [2.05, 4.69) is 20.0 Å². The van der Waals surface area contributed by atoms with Crippen molar-refractivity contribution in [1.82, 2.24) is 20.0 Å². The Morgan fingerprint density at radius 3 is 2.47 bits per heavy atom. The van der Waals surface area contributed by atoms with Gasteiger partial charge in [0.05, 0.1) is 22.5 Å². The van der Waals surface area contributed by atoms with Crippen molar-refractivity contribution in [3.8, 4) is 22.7 Å². The number of halogens is 3. The zero-order valence-corrected chi connectivity index (χ0v) is 18.3. The lowest BCUT2D eigenvalue weighted by molar-refractivity contribution is -0.137. The van der Waals surface area contributed by atoms with Crippen molar-refractivity contribution in [2.24, 2.45) is 0 Å². The maximum absolute atomic E-state index is 12.8. The van der Waals surface area contributed by atoms with E-state index in [-0.39, 0.29) is 11.4 Å². The van der Waals surface area contributed by atoms with Gasteiger partial charge in [-0.15, -0.1) is 0 Å². The molecule has 0 amide bonds. The number of benzene rings is 2. The van der Waals surface area contributed by atoms with Crippen LogP contribution in [0.2, 0.25) is 0 Å². The molecule has 9 heteroatoms. The summed E-state index contributed by atoms with van der Waals surface area (Å²) in [5.41, 5.74) is 3.50. The van der Waals surface area contributed by atoms with E-state index in [9.17, 15) is 18.0 Å². The Morgan fingerprint density at radius 1 is 1.06 bits per heavy atom. The molecule has 0 atom stereocenters. The van der Waals surface area contributed by atoms with Crippen LogP contribution in [0.15, 0.2) is 63.9 Å². The molecule has 0 bridgehead atoms. The van der Waals surface area contributed by atoms with Gasteiger partial charge < -0.3 is 9.51 Å². The van der Waals surface area contributed by atoms with E-state index in [0.717, 1.165) is 29.0 Å². The van der Waals surface area contributed by atoms with Gasteiger partial charge in [-0.05, 0) is 19.1 Å². The number of nitrogens with zero attached hydrogens (tertiary/aromatic N) is 3. The molecule has 4 aromatic rings. The highest BCUT2D eigenvalue weighted by Crippen LogP contribution is 2.30. The molecule has 34 heavy (non-hydrogen) atoms. The van der Waals surface area contributed by atoms with E-state index >= 15 is 0 Å². The molecular weight excluding hydrogens is 445 g/mol. The Labute approximate surface area is 193 Å². The summed E-state index contributed by atoms with van der Waals surface area (Å²) in [6, 6.07) is 14.5. The van der Waals surface area contributed by atoms with Gasteiger partial charge in [-0.1, -0.05) is 47.1 Å². The molecule has 5 rings (SSSR count). The Morgan fingerprint density at radius 2 is 1.76 bits per heavy atom. The van der Waals surface area contributed by atoms with Gasteiger partial charge >= 0.3 is 6.18 Å². The third kappa shape index (κ3) is 4.51. The fourth-order valence-electron chi connectivity index (χ4n) is 4.04. The largest absolute Gasteiger partial charge is 0.416 e. The first kappa shape index (κ1) is 22.1. The summed E-state index contributed by atoms with van der Waals surface area (Å²) in [5, 5.41) is 4.17. The van der Waals surface area contributed by atoms with Crippen LogP contribution in [0.3, 0.4) is 0 Å².